The zero-order valence-electron chi connectivity index (χ0n) is 8.33. The third-order valence-corrected chi connectivity index (χ3v) is 3.10. The van der Waals surface area contributed by atoms with E-state index in [0.717, 1.165) is 12.3 Å². The first-order chi connectivity index (χ1) is 6.24. The average Bonchev–Trinajstić information content (AvgIpc) is 2.18. The van der Waals surface area contributed by atoms with Gasteiger partial charge in [0, 0.05) is 5.88 Å². The second kappa shape index (κ2) is 5.29. The predicted octanol–water partition coefficient (Wildman–Crippen LogP) is 3.74. The fourth-order valence-corrected chi connectivity index (χ4v) is 1.64. The highest BCUT2D eigenvalue weighted by Gasteiger charge is 2.10. The van der Waals surface area contributed by atoms with Gasteiger partial charge in [-0.3, -0.25) is 0 Å². The van der Waals surface area contributed by atoms with Gasteiger partial charge in [-0.05, 0) is 23.8 Å². The average molecular weight is 197 g/mol. The number of benzene rings is 1. The van der Waals surface area contributed by atoms with Crippen molar-refractivity contribution in [3.8, 4) is 0 Å². The summed E-state index contributed by atoms with van der Waals surface area (Å²) in [4.78, 5) is 0. The molecule has 0 aliphatic rings. The van der Waals surface area contributed by atoms with Crippen LogP contribution in [0.1, 0.15) is 19.4 Å². The van der Waals surface area contributed by atoms with Crippen molar-refractivity contribution in [3.05, 3.63) is 35.9 Å². The molecule has 1 aromatic carbocycles. The monoisotopic (exact) mass is 196 g/mol. The summed E-state index contributed by atoms with van der Waals surface area (Å²) < 4.78 is 0. The summed E-state index contributed by atoms with van der Waals surface area (Å²) in [5, 5.41) is 0. The molecule has 1 unspecified atom stereocenters. The standard InChI is InChI=1S/C12H17Cl/c1-10(11(2)9-13)8-12-6-4-3-5-7-12/h3-7,10-11H,8-9H2,1-2H3/t10-,11?/m0/s1. The van der Waals surface area contributed by atoms with E-state index in [1.165, 1.54) is 5.56 Å². The Morgan fingerprint density at radius 1 is 1.08 bits per heavy atom. The molecule has 0 bridgehead atoms. The van der Waals surface area contributed by atoms with Gasteiger partial charge in [0.2, 0.25) is 0 Å². The fraction of sp³-hybridized carbons (Fsp3) is 0.500. The van der Waals surface area contributed by atoms with Crippen LogP contribution in [-0.2, 0) is 6.42 Å². The first kappa shape index (κ1) is 10.6. The molecule has 0 radical (unpaired) electrons. The Hall–Kier alpha value is -0.490. The van der Waals surface area contributed by atoms with Crippen molar-refractivity contribution in [3.63, 3.8) is 0 Å². The van der Waals surface area contributed by atoms with Crippen LogP contribution in [0.15, 0.2) is 30.3 Å². The van der Waals surface area contributed by atoms with E-state index in [9.17, 15) is 0 Å². The molecule has 0 aliphatic carbocycles. The molecular weight excluding hydrogens is 180 g/mol. The van der Waals surface area contributed by atoms with Gasteiger partial charge in [0.1, 0.15) is 0 Å². The molecule has 0 aromatic heterocycles. The summed E-state index contributed by atoms with van der Waals surface area (Å²) in [6.45, 7) is 4.47. The lowest BCUT2D eigenvalue weighted by Crippen LogP contribution is -2.12. The molecule has 0 N–H and O–H groups in total. The SMILES string of the molecule is CC(CCl)[C@@H](C)Cc1ccccc1. The molecule has 0 saturated carbocycles. The fourth-order valence-electron chi connectivity index (χ4n) is 1.34. The lowest BCUT2D eigenvalue weighted by Gasteiger charge is -2.17. The predicted molar refractivity (Wildman–Crippen MR) is 59.2 cm³/mol. The molecule has 0 spiro atoms. The first-order valence-electron chi connectivity index (χ1n) is 4.84. The molecular formula is C12H17Cl. The number of hydrogen-bond acceptors (Lipinski definition) is 0. The normalized spacial score (nSPS) is 15.3. The van der Waals surface area contributed by atoms with Crippen molar-refractivity contribution in [2.45, 2.75) is 20.3 Å². The van der Waals surface area contributed by atoms with Crippen LogP contribution in [0.3, 0.4) is 0 Å². The lowest BCUT2D eigenvalue weighted by atomic mass is 9.91. The maximum atomic E-state index is 5.81. The van der Waals surface area contributed by atoms with E-state index in [0.29, 0.717) is 11.8 Å². The highest BCUT2D eigenvalue weighted by Crippen LogP contribution is 2.17. The minimum atomic E-state index is 0.599. The molecule has 0 aliphatic heterocycles. The van der Waals surface area contributed by atoms with Gasteiger partial charge in [-0.2, -0.15) is 0 Å². The Kier molecular flexibility index (Phi) is 4.31. The van der Waals surface area contributed by atoms with Crippen LogP contribution in [0.2, 0.25) is 0 Å². The Bertz CT molecular complexity index is 230. The van der Waals surface area contributed by atoms with Crippen LogP contribution in [0.25, 0.3) is 0 Å². The Morgan fingerprint density at radius 2 is 1.69 bits per heavy atom. The molecule has 72 valence electrons. The van der Waals surface area contributed by atoms with E-state index in [1.54, 1.807) is 0 Å². The van der Waals surface area contributed by atoms with Crippen LogP contribution in [0.5, 0.6) is 0 Å². The maximum absolute atomic E-state index is 5.81. The Balaban J connectivity index is 2.50. The van der Waals surface area contributed by atoms with Crippen LogP contribution < -0.4 is 0 Å². The molecule has 0 amide bonds. The molecule has 1 aromatic rings. The quantitative estimate of drug-likeness (QED) is 0.644. The van der Waals surface area contributed by atoms with E-state index < -0.39 is 0 Å². The Labute approximate surface area is 85.9 Å². The third-order valence-electron chi connectivity index (χ3n) is 2.62. The molecule has 2 atom stereocenters. The van der Waals surface area contributed by atoms with E-state index in [2.05, 4.69) is 44.2 Å². The molecule has 0 saturated heterocycles. The van der Waals surface area contributed by atoms with Crippen molar-refractivity contribution in [2.24, 2.45) is 11.8 Å². The summed E-state index contributed by atoms with van der Waals surface area (Å²) in [7, 11) is 0. The maximum Gasteiger partial charge on any atom is 0.0251 e. The van der Waals surface area contributed by atoms with Crippen molar-refractivity contribution in [1.82, 2.24) is 0 Å². The number of hydrogen-bond donors (Lipinski definition) is 0. The lowest BCUT2D eigenvalue weighted by molar-refractivity contribution is 0.422. The number of halogens is 1. The van der Waals surface area contributed by atoms with Gasteiger partial charge in [-0.1, -0.05) is 44.2 Å². The van der Waals surface area contributed by atoms with E-state index in [1.807, 2.05) is 0 Å². The first-order valence-corrected chi connectivity index (χ1v) is 5.37. The van der Waals surface area contributed by atoms with Gasteiger partial charge >= 0.3 is 0 Å². The smallest absolute Gasteiger partial charge is 0.0251 e. The summed E-state index contributed by atoms with van der Waals surface area (Å²) in [6.07, 6.45) is 1.13. The molecule has 0 heterocycles. The molecule has 1 heteroatoms. The van der Waals surface area contributed by atoms with Crippen LogP contribution in [0.4, 0.5) is 0 Å². The minimum absolute atomic E-state index is 0.599. The zero-order valence-corrected chi connectivity index (χ0v) is 9.09. The van der Waals surface area contributed by atoms with Gasteiger partial charge in [-0.25, -0.2) is 0 Å². The van der Waals surface area contributed by atoms with Crippen molar-refractivity contribution in [2.75, 3.05) is 5.88 Å². The summed E-state index contributed by atoms with van der Waals surface area (Å²) >= 11 is 5.81. The van der Waals surface area contributed by atoms with Gasteiger partial charge in [0.15, 0.2) is 0 Å². The van der Waals surface area contributed by atoms with Crippen LogP contribution in [-0.4, -0.2) is 5.88 Å². The van der Waals surface area contributed by atoms with E-state index in [-0.39, 0.29) is 0 Å². The minimum Gasteiger partial charge on any atom is -0.126 e. The Morgan fingerprint density at radius 3 is 2.23 bits per heavy atom. The molecule has 1 rings (SSSR count). The second-order valence-corrected chi connectivity index (χ2v) is 4.11. The van der Waals surface area contributed by atoms with Gasteiger partial charge in [-0.15, -0.1) is 11.6 Å². The van der Waals surface area contributed by atoms with Crippen molar-refractivity contribution in [1.29, 1.82) is 0 Å². The zero-order chi connectivity index (χ0) is 9.68. The molecule has 13 heavy (non-hydrogen) atoms. The van der Waals surface area contributed by atoms with Crippen LogP contribution >= 0.6 is 11.6 Å². The van der Waals surface area contributed by atoms with Gasteiger partial charge in [0.05, 0.1) is 0 Å². The topological polar surface area (TPSA) is 0 Å². The highest BCUT2D eigenvalue weighted by molar-refractivity contribution is 6.18. The van der Waals surface area contributed by atoms with Crippen LogP contribution in [0, 0.1) is 11.8 Å². The summed E-state index contributed by atoms with van der Waals surface area (Å²) in [5.74, 6) is 2.02. The van der Waals surface area contributed by atoms with E-state index >= 15 is 0 Å². The highest BCUT2D eigenvalue weighted by atomic mass is 35.5. The number of alkyl halides is 1. The second-order valence-electron chi connectivity index (χ2n) is 3.80. The number of rotatable bonds is 4. The van der Waals surface area contributed by atoms with Gasteiger partial charge < -0.3 is 0 Å². The largest absolute Gasteiger partial charge is 0.126 e. The van der Waals surface area contributed by atoms with Crippen molar-refractivity contribution < 1.29 is 0 Å². The van der Waals surface area contributed by atoms with Crippen molar-refractivity contribution >= 4 is 11.6 Å². The summed E-state index contributed by atoms with van der Waals surface area (Å²) in [6, 6.07) is 10.6. The van der Waals surface area contributed by atoms with Gasteiger partial charge in [0.25, 0.3) is 0 Å². The third kappa shape index (κ3) is 3.40. The molecule has 0 fully saturated rings. The molecule has 0 nitrogen and oxygen atoms in total. The van der Waals surface area contributed by atoms with E-state index in [4.69, 9.17) is 11.6 Å². The summed E-state index contributed by atoms with van der Waals surface area (Å²) in [5.41, 5.74) is 1.41.